The number of benzene rings is 2. The third kappa shape index (κ3) is 4.08. The van der Waals surface area contributed by atoms with Gasteiger partial charge in [-0.3, -0.25) is 4.79 Å². The Hall–Kier alpha value is -2.69. The fourth-order valence-corrected chi connectivity index (χ4v) is 4.96. The largest absolute Gasteiger partial charge is 0.326 e. The molecule has 0 atom stereocenters. The third-order valence-corrected chi connectivity index (χ3v) is 7.18. The Bertz CT molecular complexity index is 1030. The van der Waals surface area contributed by atoms with E-state index in [0.29, 0.717) is 12.8 Å². The monoisotopic (exact) mass is 397 g/mol. The van der Waals surface area contributed by atoms with Crippen LogP contribution < -0.4 is 5.32 Å². The number of rotatable bonds is 4. The number of hydrogen-bond donors (Lipinski definition) is 1. The van der Waals surface area contributed by atoms with E-state index in [1.165, 1.54) is 16.4 Å². The van der Waals surface area contributed by atoms with Crippen LogP contribution >= 0.6 is 0 Å². The van der Waals surface area contributed by atoms with Crippen LogP contribution in [0.2, 0.25) is 0 Å². The maximum absolute atomic E-state index is 12.9. The summed E-state index contributed by atoms with van der Waals surface area (Å²) in [6, 6.07) is 13.9. The van der Waals surface area contributed by atoms with Gasteiger partial charge in [-0.05, 0) is 62.1 Å². The second-order valence-electron chi connectivity index (χ2n) is 7.07. The van der Waals surface area contributed by atoms with Crippen molar-refractivity contribution in [2.45, 2.75) is 31.6 Å². The number of hydrogen-bond acceptors (Lipinski definition) is 4. The first-order chi connectivity index (χ1) is 13.3. The van der Waals surface area contributed by atoms with Crippen LogP contribution in [-0.4, -0.2) is 31.7 Å². The zero-order valence-electron chi connectivity index (χ0n) is 16.0. The lowest BCUT2D eigenvalue weighted by atomic mass is 9.97. The van der Waals surface area contributed by atoms with Crippen LogP contribution in [0.3, 0.4) is 0 Å². The first-order valence-corrected chi connectivity index (χ1v) is 10.6. The number of amides is 1. The van der Waals surface area contributed by atoms with Crippen LogP contribution in [0.25, 0.3) is 0 Å². The molecule has 0 spiro atoms. The fraction of sp³-hybridized carbons (Fsp3) is 0.333. The first kappa shape index (κ1) is 20.1. The van der Waals surface area contributed by atoms with Crippen LogP contribution in [0.15, 0.2) is 47.4 Å². The second kappa shape index (κ2) is 8.13. The summed E-state index contributed by atoms with van der Waals surface area (Å²) in [7, 11) is -3.74. The van der Waals surface area contributed by atoms with Crippen molar-refractivity contribution in [3.05, 3.63) is 59.2 Å². The molecule has 0 radical (unpaired) electrons. The minimum Gasteiger partial charge on any atom is -0.326 e. The highest BCUT2D eigenvalue weighted by Gasteiger charge is 2.33. The van der Waals surface area contributed by atoms with Crippen LogP contribution in [0.4, 0.5) is 5.69 Å². The summed E-state index contributed by atoms with van der Waals surface area (Å²) in [6.45, 7) is 4.52. The molecule has 0 aromatic heterocycles. The molecular weight excluding hydrogens is 374 g/mol. The number of nitriles is 1. The van der Waals surface area contributed by atoms with Gasteiger partial charge < -0.3 is 5.32 Å². The lowest BCUT2D eigenvalue weighted by molar-refractivity contribution is -0.120. The molecule has 0 saturated carbocycles. The van der Waals surface area contributed by atoms with Gasteiger partial charge >= 0.3 is 0 Å². The average Bonchev–Trinajstić information content (AvgIpc) is 2.70. The number of sulfonamides is 1. The number of anilines is 1. The van der Waals surface area contributed by atoms with Crippen LogP contribution in [-0.2, 0) is 14.8 Å². The standard InChI is InChI=1S/C21H23N3O3S/c1-15-7-8-19(13-16(15)2)23-21(25)17-9-11-24(12-10-17)28(26,27)20-6-4-3-5-18(20)14-22/h3-8,13,17H,9-12H2,1-2H3,(H,23,25). The zero-order valence-corrected chi connectivity index (χ0v) is 16.8. The van der Waals surface area contributed by atoms with Gasteiger partial charge in [-0.15, -0.1) is 0 Å². The molecule has 2 aromatic carbocycles. The molecule has 28 heavy (non-hydrogen) atoms. The molecule has 1 fully saturated rings. The number of nitrogens with zero attached hydrogens (tertiary/aromatic N) is 2. The van der Waals surface area contributed by atoms with Gasteiger partial charge in [0.15, 0.2) is 0 Å². The summed E-state index contributed by atoms with van der Waals surface area (Å²) in [5.74, 6) is -0.322. The summed E-state index contributed by atoms with van der Waals surface area (Å²) in [4.78, 5) is 12.6. The van der Waals surface area contributed by atoms with E-state index in [4.69, 9.17) is 0 Å². The minimum absolute atomic E-state index is 0.0236. The van der Waals surface area contributed by atoms with E-state index in [1.54, 1.807) is 12.1 Å². The Kier molecular flexibility index (Phi) is 5.82. The molecule has 1 amide bonds. The number of aryl methyl sites for hydroxylation is 2. The summed E-state index contributed by atoms with van der Waals surface area (Å²) in [5, 5.41) is 12.1. The number of carbonyl (C=O) groups excluding carboxylic acids is 1. The minimum atomic E-state index is -3.74. The maximum Gasteiger partial charge on any atom is 0.244 e. The van der Waals surface area contributed by atoms with E-state index < -0.39 is 10.0 Å². The molecule has 0 unspecified atom stereocenters. The van der Waals surface area contributed by atoms with Crippen molar-refractivity contribution in [2.24, 2.45) is 5.92 Å². The molecule has 0 aliphatic carbocycles. The fourth-order valence-electron chi connectivity index (χ4n) is 3.34. The van der Waals surface area contributed by atoms with E-state index in [-0.39, 0.29) is 35.4 Å². The molecule has 1 N–H and O–H groups in total. The SMILES string of the molecule is Cc1ccc(NC(=O)C2CCN(S(=O)(=O)c3ccccc3C#N)CC2)cc1C. The Labute approximate surface area is 165 Å². The highest BCUT2D eigenvalue weighted by atomic mass is 32.2. The van der Waals surface area contributed by atoms with Crippen molar-refractivity contribution in [2.75, 3.05) is 18.4 Å². The van der Waals surface area contributed by atoms with Crippen LogP contribution in [0.1, 0.15) is 29.5 Å². The van der Waals surface area contributed by atoms with Crippen molar-refractivity contribution in [1.29, 1.82) is 5.26 Å². The molecule has 6 nitrogen and oxygen atoms in total. The molecule has 3 rings (SSSR count). The number of piperidine rings is 1. The molecule has 0 bridgehead atoms. The smallest absolute Gasteiger partial charge is 0.244 e. The molecule has 146 valence electrons. The van der Waals surface area contributed by atoms with Gasteiger partial charge in [0.25, 0.3) is 0 Å². The summed E-state index contributed by atoms with van der Waals surface area (Å²) >= 11 is 0. The van der Waals surface area contributed by atoms with E-state index in [1.807, 2.05) is 38.1 Å². The molecule has 7 heteroatoms. The van der Waals surface area contributed by atoms with E-state index >= 15 is 0 Å². The maximum atomic E-state index is 12.9. The first-order valence-electron chi connectivity index (χ1n) is 9.20. The van der Waals surface area contributed by atoms with Crippen molar-refractivity contribution in [1.82, 2.24) is 4.31 Å². The van der Waals surface area contributed by atoms with Gasteiger partial charge in [-0.1, -0.05) is 18.2 Å². The lowest BCUT2D eigenvalue weighted by Crippen LogP contribution is -2.41. The van der Waals surface area contributed by atoms with Gasteiger partial charge in [0.05, 0.1) is 10.5 Å². The van der Waals surface area contributed by atoms with Gasteiger partial charge in [-0.25, -0.2) is 8.42 Å². The van der Waals surface area contributed by atoms with E-state index in [2.05, 4.69) is 5.32 Å². The van der Waals surface area contributed by atoms with Crippen LogP contribution in [0.5, 0.6) is 0 Å². The van der Waals surface area contributed by atoms with Crippen molar-refractivity contribution < 1.29 is 13.2 Å². The third-order valence-electron chi connectivity index (χ3n) is 5.22. The van der Waals surface area contributed by atoms with Gasteiger partial charge in [0, 0.05) is 24.7 Å². The van der Waals surface area contributed by atoms with Crippen molar-refractivity contribution in [3.8, 4) is 6.07 Å². The van der Waals surface area contributed by atoms with Gasteiger partial charge in [0.2, 0.25) is 15.9 Å². The quantitative estimate of drug-likeness (QED) is 0.858. The highest BCUT2D eigenvalue weighted by molar-refractivity contribution is 7.89. The Morgan fingerprint density at radius 3 is 2.43 bits per heavy atom. The second-order valence-corrected chi connectivity index (χ2v) is 8.98. The molecule has 2 aromatic rings. The van der Waals surface area contributed by atoms with E-state index in [0.717, 1.165) is 16.8 Å². The van der Waals surface area contributed by atoms with Gasteiger partial charge in [0.1, 0.15) is 6.07 Å². The Morgan fingerprint density at radius 1 is 1.11 bits per heavy atom. The molecule has 1 saturated heterocycles. The highest BCUT2D eigenvalue weighted by Crippen LogP contribution is 2.26. The van der Waals surface area contributed by atoms with Crippen molar-refractivity contribution >= 4 is 21.6 Å². The normalized spacial score (nSPS) is 15.8. The summed E-state index contributed by atoms with van der Waals surface area (Å²) < 4.78 is 27.1. The molecule has 1 aliphatic heterocycles. The Morgan fingerprint density at radius 2 is 1.79 bits per heavy atom. The van der Waals surface area contributed by atoms with Crippen LogP contribution in [0, 0.1) is 31.1 Å². The average molecular weight is 398 g/mol. The predicted octanol–water partition coefficient (Wildman–Crippen LogP) is 3.21. The summed E-state index contributed by atoms with van der Waals surface area (Å²) in [5.41, 5.74) is 3.16. The molecule has 1 aliphatic rings. The molecule has 1 heterocycles. The van der Waals surface area contributed by atoms with Crippen molar-refractivity contribution in [3.63, 3.8) is 0 Å². The van der Waals surface area contributed by atoms with E-state index in [9.17, 15) is 18.5 Å². The lowest BCUT2D eigenvalue weighted by Gasteiger charge is -2.30. The Balaban J connectivity index is 1.66. The number of carbonyl (C=O) groups is 1. The van der Waals surface area contributed by atoms with Gasteiger partial charge in [-0.2, -0.15) is 9.57 Å². The predicted molar refractivity (Wildman–Crippen MR) is 107 cm³/mol. The summed E-state index contributed by atoms with van der Waals surface area (Å²) in [6.07, 6.45) is 0.898. The number of nitrogens with one attached hydrogen (secondary N) is 1. The topological polar surface area (TPSA) is 90.3 Å². The zero-order chi connectivity index (χ0) is 20.3. The molecular formula is C21H23N3O3S.